The topological polar surface area (TPSA) is 43.4 Å². The van der Waals surface area contributed by atoms with E-state index in [-0.39, 0.29) is 17.9 Å². The fourth-order valence-corrected chi connectivity index (χ4v) is 3.34. The number of cyclic esters (lactones) is 2. The third-order valence-corrected chi connectivity index (χ3v) is 4.89. The Kier molecular flexibility index (Phi) is 11.9. The highest BCUT2D eigenvalue weighted by Gasteiger charge is 2.22. The standard InChI is InChI=1S/C20H36O3/c1-2-3-12-15-18-16-13-10-8-6-4-5-7-9-11-14-17-19(21)23-20(18)22/h18H,2-17H2,1H3. The molecule has 3 heteroatoms. The minimum atomic E-state index is -0.317. The number of rotatable bonds is 4. The summed E-state index contributed by atoms with van der Waals surface area (Å²) in [6.07, 6.45) is 17.4. The normalized spacial score (nSPS) is 23.4. The summed E-state index contributed by atoms with van der Waals surface area (Å²) in [7, 11) is 0. The molecule has 1 fully saturated rings. The summed E-state index contributed by atoms with van der Waals surface area (Å²) in [4.78, 5) is 24.1. The van der Waals surface area contributed by atoms with Crippen molar-refractivity contribution in [1.82, 2.24) is 0 Å². The Bertz CT molecular complexity index is 325. The van der Waals surface area contributed by atoms with Crippen LogP contribution < -0.4 is 0 Å². The van der Waals surface area contributed by atoms with Gasteiger partial charge in [-0.05, 0) is 19.3 Å². The van der Waals surface area contributed by atoms with E-state index in [9.17, 15) is 9.59 Å². The fraction of sp³-hybridized carbons (Fsp3) is 0.900. The van der Waals surface area contributed by atoms with Crippen molar-refractivity contribution >= 4 is 11.9 Å². The summed E-state index contributed by atoms with van der Waals surface area (Å²) in [5, 5.41) is 0. The molecule has 0 radical (unpaired) electrons. The van der Waals surface area contributed by atoms with Crippen LogP contribution in [0.1, 0.15) is 110 Å². The third kappa shape index (κ3) is 10.5. The first-order chi connectivity index (χ1) is 11.2. The van der Waals surface area contributed by atoms with Gasteiger partial charge in [-0.2, -0.15) is 0 Å². The second kappa shape index (κ2) is 13.6. The van der Waals surface area contributed by atoms with E-state index in [0.717, 1.165) is 51.4 Å². The van der Waals surface area contributed by atoms with Gasteiger partial charge in [0.15, 0.2) is 0 Å². The molecule has 1 rings (SSSR count). The molecular formula is C20H36O3. The van der Waals surface area contributed by atoms with Crippen LogP contribution >= 0.6 is 0 Å². The summed E-state index contributed by atoms with van der Waals surface area (Å²) >= 11 is 0. The first-order valence-corrected chi connectivity index (χ1v) is 9.98. The van der Waals surface area contributed by atoms with Crippen molar-refractivity contribution in [3.63, 3.8) is 0 Å². The molecular weight excluding hydrogens is 288 g/mol. The van der Waals surface area contributed by atoms with Gasteiger partial charge in [-0.1, -0.05) is 84.0 Å². The van der Waals surface area contributed by atoms with Gasteiger partial charge in [-0.25, -0.2) is 0 Å². The fourth-order valence-electron chi connectivity index (χ4n) is 3.34. The third-order valence-electron chi connectivity index (χ3n) is 4.89. The summed E-state index contributed by atoms with van der Waals surface area (Å²) in [6, 6.07) is 0. The molecule has 0 aliphatic carbocycles. The summed E-state index contributed by atoms with van der Waals surface area (Å²) in [5.74, 6) is -0.654. The zero-order valence-corrected chi connectivity index (χ0v) is 15.1. The van der Waals surface area contributed by atoms with Crippen LogP contribution in [0.3, 0.4) is 0 Å². The number of hydrogen-bond acceptors (Lipinski definition) is 3. The van der Waals surface area contributed by atoms with Gasteiger partial charge in [0.1, 0.15) is 0 Å². The molecule has 0 saturated carbocycles. The predicted molar refractivity (Wildman–Crippen MR) is 94.1 cm³/mol. The molecule has 0 amide bonds. The molecule has 1 saturated heterocycles. The van der Waals surface area contributed by atoms with Gasteiger partial charge in [0.2, 0.25) is 0 Å². The zero-order chi connectivity index (χ0) is 16.8. The molecule has 1 aliphatic rings. The Morgan fingerprint density at radius 3 is 2.00 bits per heavy atom. The SMILES string of the molecule is CCCCCC1CCCCCCCCCCCCC(=O)OC1=O. The monoisotopic (exact) mass is 324 g/mol. The van der Waals surface area contributed by atoms with Crippen LogP contribution in [0, 0.1) is 5.92 Å². The van der Waals surface area contributed by atoms with Gasteiger partial charge in [-0.15, -0.1) is 0 Å². The molecule has 0 aromatic heterocycles. The van der Waals surface area contributed by atoms with E-state index < -0.39 is 0 Å². The highest BCUT2D eigenvalue weighted by atomic mass is 16.6. The van der Waals surface area contributed by atoms with Crippen LogP contribution in [0.5, 0.6) is 0 Å². The summed E-state index contributed by atoms with van der Waals surface area (Å²) in [5.41, 5.74) is 0. The Hall–Kier alpha value is -0.860. The number of esters is 2. The largest absolute Gasteiger partial charge is 0.393 e. The molecule has 0 spiro atoms. The molecule has 1 unspecified atom stereocenters. The number of ether oxygens (including phenoxy) is 1. The van der Waals surface area contributed by atoms with Gasteiger partial charge >= 0.3 is 11.9 Å². The lowest BCUT2D eigenvalue weighted by molar-refractivity contribution is -0.163. The Balaban J connectivity index is 2.46. The lowest BCUT2D eigenvalue weighted by Crippen LogP contribution is -2.21. The van der Waals surface area contributed by atoms with Crippen molar-refractivity contribution in [2.45, 2.75) is 110 Å². The Morgan fingerprint density at radius 2 is 1.39 bits per heavy atom. The molecule has 134 valence electrons. The maximum Gasteiger partial charge on any atom is 0.316 e. The number of hydrogen-bond donors (Lipinski definition) is 0. The van der Waals surface area contributed by atoms with Crippen molar-refractivity contribution in [2.24, 2.45) is 5.92 Å². The summed E-state index contributed by atoms with van der Waals surface area (Å²) in [6.45, 7) is 2.17. The van der Waals surface area contributed by atoms with Gasteiger partial charge in [-0.3, -0.25) is 9.59 Å². The molecule has 1 atom stereocenters. The first-order valence-electron chi connectivity index (χ1n) is 9.98. The smallest absolute Gasteiger partial charge is 0.316 e. The molecule has 0 bridgehead atoms. The molecule has 0 N–H and O–H groups in total. The van der Waals surface area contributed by atoms with Crippen LogP contribution in [0.4, 0.5) is 0 Å². The summed E-state index contributed by atoms with van der Waals surface area (Å²) < 4.78 is 5.12. The number of carbonyl (C=O) groups excluding carboxylic acids is 2. The Morgan fingerprint density at radius 1 is 0.826 bits per heavy atom. The van der Waals surface area contributed by atoms with Crippen LogP contribution in [0.25, 0.3) is 0 Å². The van der Waals surface area contributed by atoms with Crippen molar-refractivity contribution in [3.8, 4) is 0 Å². The zero-order valence-electron chi connectivity index (χ0n) is 15.1. The average molecular weight is 325 g/mol. The van der Waals surface area contributed by atoms with E-state index >= 15 is 0 Å². The van der Waals surface area contributed by atoms with E-state index in [1.807, 2.05) is 0 Å². The van der Waals surface area contributed by atoms with Crippen LogP contribution in [-0.4, -0.2) is 11.9 Å². The second-order valence-corrected chi connectivity index (χ2v) is 7.06. The molecule has 23 heavy (non-hydrogen) atoms. The maximum atomic E-state index is 12.3. The average Bonchev–Trinajstić information content (AvgIpc) is 2.53. The number of unbranched alkanes of at least 4 members (excludes halogenated alkanes) is 2. The van der Waals surface area contributed by atoms with Crippen molar-refractivity contribution in [2.75, 3.05) is 0 Å². The minimum absolute atomic E-state index is 0.0709. The maximum absolute atomic E-state index is 12.3. The van der Waals surface area contributed by atoms with E-state index in [1.165, 1.54) is 44.9 Å². The predicted octanol–water partition coefficient (Wildman–Crippen LogP) is 5.95. The van der Waals surface area contributed by atoms with Gasteiger partial charge < -0.3 is 4.74 Å². The van der Waals surface area contributed by atoms with Crippen molar-refractivity contribution < 1.29 is 14.3 Å². The van der Waals surface area contributed by atoms with Crippen LogP contribution in [0.15, 0.2) is 0 Å². The first kappa shape index (κ1) is 20.2. The van der Waals surface area contributed by atoms with Crippen LogP contribution in [0.2, 0.25) is 0 Å². The number of carbonyl (C=O) groups is 2. The van der Waals surface area contributed by atoms with Crippen molar-refractivity contribution in [1.29, 1.82) is 0 Å². The van der Waals surface area contributed by atoms with Gasteiger partial charge in [0.05, 0.1) is 5.92 Å². The molecule has 3 nitrogen and oxygen atoms in total. The van der Waals surface area contributed by atoms with E-state index in [1.54, 1.807) is 0 Å². The van der Waals surface area contributed by atoms with E-state index in [2.05, 4.69) is 6.92 Å². The molecule has 1 aliphatic heterocycles. The lowest BCUT2D eigenvalue weighted by atomic mass is 9.94. The van der Waals surface area contributed by atoms with Crippen molar-refractivity contribution in [3.05, 3.63) is 0 Å². The highest BCUT2D eigenvalue weighted by molar-refractivity contribution is 5.86. The van der Waals surface area contributed by atoms with E-state index in [0.29, 0.717) is 6.42 Å². The molecule has 0 aromatic carbocycles. The quantitative estimate of drug-likeness (QED) is 0.365. The lowest BCUT2D eigenvalue weighted by Gasteiger charge is -2.15. The van der Waals surface area contributed by atoms with Gasteiger partial charge in [0.25, 0.3) is 0 Å². The second-order valence-electron chi connectivity index (χ2n) is 7.06. The van der Waals surface area contributed by atoms with Crippen LogP contribution in [-0.2, 0) is 14.3 Å². The molecule has 1 heterocycles. The minimum Gasteiger partial charge on any atom is -0.393 e. The molecule has 0 aromatic rings. The Labute approximate surface area is 142 Å². The highest BCUT2D eigenvalue weighted by Crippen LogP contribution is 2.21. The van der Waals surface area contributed by atoms with Gasteiger partial charge in [0, 0.05) is 6.42 Å². The van der Waals surface area contributed by atoms with E-state index in [4.69, 9.17) is 4.74 Å².